The summed E-state index contributed by atoms with van der Waals surface area (Å²) in [5, 5.41) is 2.86. The van der Waals surface area contributed by atoms with E-state index in [2.05, 4.69) is 20.7 Å². The minimum atomic E-state index is -0.269. The molecule has 0 atom stereocenters. The van der Waals surface area contributed by atoms with Gasteiger partial charge < -0.3 is 21.2 Å². The van der Waals surface area contributed by atoms with E-state index in [9.17, 15) is 9.59 Å². The van der Waals surface area contributed by atoms with Gasteiger partial charge in [-0.15, -0.1) is 11.3 Å². The lowest BCUT2D eigenvalue weighted by Gasteiger charge is -2.14. The van der Waals surface area contributed by atoms with Crippen molar-refractivity contribution in [2.75, 3.05) is 11.2 Å². The van der Waals surface area contributed by atoms with Crippen LogP contribution in [0.4, 0.5) is 5.82 Å². The highest BCUT2D eigenvalue weighted by Gasteiger charge is 2.13. The van der Waals surface area contributed by atoms with Crippen LogP contribution in [0.2, 0.25) is 4.47 Å². The molecule has 0 saturated carbocycles. The first-order chi connectivity index (χ1) is 17.8. The molecule has 1 amide bonds. The van der Waals surface area contributed by atoms with Crippen LogP contribution in [0.25, 0.3) is 0 Å². The predicted octanol–water partition coefficient (Wildman–Crippen LogP) is 3.73. The molecule has 0 saturated heterocycles. The zero-order chi connectivity index (χ0) is 26.4. The van der Waals surface area contributed by atoms with Crippen LogP contribution in [-0.2, 0) is 30.9 Å². The number of carbonyl (C=O) groups is 1. The number of aromatic nitrogens is 3. The van der Waals surface area contributed by atoms with Crippen molar-refractivity contribution >= 4 is 34.7 Å². The van der Waals surface area contributed by atoms with Crippen LogP contribution in [-0.4, -0.2) is 20.6 Å². The number of halogens is 1. The van der Waals surface area contributed by atoms with Crippen LogP contribution in [0.1, 0.15) is 32.8 Å². The first-order valence-electron chi connectivity index (χ1n) is 11.5. The second-order valence-electron chi connectivity index (χ2n) is 8.44. The van der Waals surface area contributed by atoms with Gasteiger partial charge in [-0.2, -0.15) is 0 Å². The van der Waals surface area contributed by atoms with Crippen molar-refractivity contribution in [3.05, 3.63) is 103 Å². The third-order valence-electron chi connectivity index (χ3n) is 5.72. The van der Waals surface area contributed by atoms with Gasteiger partial charge in [0.1, 0.15) is 18.2 Å². The first-order valence-corrected chi connectivity index (χ1v) is 12.7. The highest BCUT2D eigenvalue weighted by molar-refractivity contribution is 7.15. The fraction of sp³-hybridized carbons (Fsp3) is 0.231. The molecule has 9 nitrogen and oxygen atoms in total. The first kappa shape index (κ1) is 26.2. The Hall–Kier alpha value is -3.89. The highest BCUT2D eigenvalue weighted by atomic mass is 35.5. The molecule has 0 aliphatic carbocycles. The summed E-state index contributed by atoms with van der Waals surface area (Å²) in [5.41, 5.74) is 12.3. The van der Waals surface area contributed by atoms with Gasteiger partial charge in [0.25, 0.3) is 5.56 Å². The van der Waals surface area contributed by atoms with Gasteiger partial charge in [0.2, 0.25) is 5.91 Å². The number of nitrogens with zero attached hydrogens (tertiary/aromatic N) is 3. The minimum Gasteiger partial charge on any atom is -0.488 e. The smallest absolute Gasteiger partial charge is 0.272 e. The zero-order valence-electron chi connectivity index (χ0n) is 20.5. The number of hydrogen-bond donors (Lipinski definition) is 3. The number of carbonyl (C=O) groups excluding carboxylic acids is 1. The minimum absolute atomic E-state index is 0.0282. The fourth-order valence-electron chi connectivity index (χ4n) is 3.65. The number of nitrogens with one attached hydrogen (secondary N) is 2. The summed E-state index contributed by atoms with van der Waals surface area (Å²) in [6.07, 6.45) is 3.33. The number of anilines is 1. The third-order valence-corrected chi connectivity index (χ3v) is 6.80. The number of hydrogen-bond acceptors (Lipinski definition) is 8. The van der Waals surface area contributed by atoms with Gasteiger partial charge in [0.15, 0.2) is 4.47 Å². The molecular weight excluding hydrogens is 512 g/mol. The third kappa shape index (κ3) is 7.08. The lowest BCUT2D eigenvalue weighted by Crippen LogP contribution is -2.34. The molecule has 11 heteroatoms. The molecule has 0 unspecified atom stereocenters. The van der Waals surface area contributed by atoms with Gasteiger partial charge in [-0.1, -0.05) is 29.8 Å². The van der Waals surface area contributed by atoms with Gasteiger partial charge in [0.05, 0.1) is 17.8 Å². The Kier molecular flexibility index (Phi) is 8.42. The normalized spacial score (nSPS) is 10.8. The molecule has 192 valence electrons. The zero-order valence-corrected chi connectivity index (χ0v) is 22.0. The summed E-state index contributed by atoms with van der Waals surface area (Å²) >= 11 is 7.24. The summed E-state index contributed by atoms with van der Waals surface area (Å²) in [6.45, 7) is 4.73. The van der Waals surface area contributed by atoms with Crippen molar-refractivity contribution in [2.24, 2.45) is 0 Å². The highest BCUT2D eigenvalue weighted by Crippen LogP contribution is 2.21. The van der Waals surface area contributed by atoms with E-state index in [4.69, 9.17) is 22.1 Å². The molecule has 4 rings (SSSR count). The van der Waals surface area contributed by atoms with Crippen molar-refractivity contribution in [3.63, 3.8) is 0 Å². The number of amides is 1. The molecule has 0 fully saturated rings. The molecule has 3 heterocycles. The number of pyridine rings is 2. The van der Waals surface area contributed by atoms with E-state index in [0.29, 0.717) is 41.3 Å². The molecule has 4 N–H and O–H groups in total. The summed E-state index contributed by atoms with van der Waals surface area (Å²) < 4.78 is 7.71. The average molecular weight is 539 g/mol. The van der Waals surface area contributed by atoms with Crippen LogP contribution < -0.4 is 26.8 Å². The number of nitrogens with two attached hydrogens (primary N) is 1. The van der Waals surface area contributed by atoms with E-state index in [0.717, 1.165) is 27.3 Å². The topological polar surface area (TPSA) is 124 Å². The maximum Gasteiger partial charge on any atom is 0.272 e. The monoisotopic (exact) mass is 538 g/mol. The van der Waals surface area contributed by atoms with Crippen LogP contribution in [0, 0.1) is 13.8 Å². The molecule has 0 bridgehead atoms. The number of thiazole rings is 1. The number of aryl methyl sites for hydroxylation is 2. The Labute approximate surface area is 223 Å². The fourth-order valence-corrected chi connectivity index (χ4v) is 4.54. The van der Waals surface area contributed by atoms with E-state index < -0.39 is 0 Å². The maximum atomic E-state index is 13.1. The Morgan fingerprint density at radius 2 is 2.03 bits per heavy atom. The molecule has 0 radical (unpaired) electrons. The van der Waals surface area contributed by atoms with Gasteiger partial charge in [-0.05, 0) is 54.8 Å². The van der Waals surface area contributed by atoms with Crippen molar-refractivity contribution in [2.45, 2.75) is 40.0 Å². The molecule has 0 aliphatic heterocycles. The van der Waals surface area contributed by atoms with Crippen LogP contribution >= 0.6 is 22.9 Å². The largest absolute Gasteiger partial charge is 0.488 e. The SMILES string of the molecule is Cc1ccn(NCc2cccc(OCc3cnc(Cl)s3)c2)c(=O)c1CC(=O)NCc1ccc(N)nc1C. The van der Waals surface area contributed by atoms with E-state index in [1.54, 1.807) is 18.5 Å². The summed E-state index contributed by atoms with van der Waals surface area (Å²) in [6, 6.07) is 12.9. The van der Waals surface area contributed by atoms with Gasteiger partial charge in [-0.3, -0.25) is 9.59 Å². The average Bonchev–Trinajstić information content (AvgIpc) is 3.29. The van der Waals surface area contributed by atoms with Crippen molar-refractivity contribution in [1.82, 2.24) is 20.0 Å². The molecule has 1 aromatic carbocycles. The summed E-state index contributed by atoms with van der Waals surface area (Å²) in [4.78, 5) is 34.8. The van der Waals surface area contributed by atoms with E-state index in [1.165, 1.54) is 16.0 Å². The molecule has 3 aromatic heterocycles. The standard InChI is InChI=1S/C26H27ClN6O3S/c1-16-8-9-33(25(35)22(16)11-24(34)29-13-19-6-7-23(28)32-17(19)2)31-12-18-4-3-5-20(10-18)36-15-21-14-30-26(27)37-21/h3-10,14,31H,11-13,15H2,1-2H3,(H2,28,32)(H,29,34). The van der Waals surface area contributed by atoms with E-state index >= 15 is 0 Å². The number of ether oxygens (including phenoxy) is 1. The second kappa shape index (κ2) is 11.9. The molecule has 0 spiro atoms. The Morgan fingerprint density at radius 3 is 2.78 bits per heavy atom. The van der Waals surface area contributed by atoms with Gasteiger partial charge >= 0.3 is 0 Å². The van der Waals surface area contributed by atoms with Crippen molar-refractivity contribution in [1.29, 1.82) is 0 Å². The lowest BCUT2D eigenvalue weighted by molar-refractivity contribution is -0.120. The molecule has 4 aromatic rings. The van der Waals surface area contributed by atoms with Crippen molar-refractivity contribution < 1.29 is 9.53 Å². The summed E-state index contributed by atoms with van der Waals surface area (Å²) in [5.74, 6) is 0.881. The van der Waals surface area contributed by atoms with Crippen LogP contribution in [0.5, 0.6) is 5.75 Å². The quantitative estimate of drug-likeness (QED) is 0.281. The van der Waals surface area contributed by atoms with Crippen LogP contribution in [0.3, 0.4) is 0 Å². The molecule has 37 heavy (non-hydrogen) atoms. The van der Waals surface area contributed by atoms with Gasteiger partial charge in [0, 0.05) is 30.2 Å². The Balaban J connectivity index is 1.36. The van der Waals surface area contributed by atoms with Crippen molar-refractivity contribution in [3.8, 4) is 5.75 Å². The number of nitrogen functional groups attached to an aromatic ring is 1. The summed E-state index contributed by atoms with van der Waals surface area (Å²) in [7, 11) is 0. The van der Waals surface area contributed by atoms with Gasteiger partial charge in [-0.25, -0.2) is 14.6 Å². The van der Waals surface area contributed by atoms with E-state index in [-0.39, 0.29) is 17.9 Å². The maximum absolute atomic E-state index is 13.1. The lowest BCUT2D eigenvalue weighted by atomic mass is 10.1. The van der Waals surface area contributed by atoms with E-state index in [1.807, 2.05) is 50.2 Å². The second-order valence-corrected chi connectivity index (χ2v) is 10.1. The van der Waals surface area contributed by atoms with Crippen LogP contribution in [0.15, 0.2) is 59.7 Å². The molecular formula is C26H27ClN6O3S. The number of benzene rings is 1. The number of rotatable bonds is 10. The Bertz CT molecular complexity index is 1470. The molecule has 0 aliphatic rings. The predicted molar refractivity (Wildman–Crippen MR) is 145 cm³/mol. The Morgan fingerprint density at radius 1 is 1.19 bits per heavy atom.